The molecule has 0 amide bonds. The lowest BCUT2D eigenvalue weighted by Crippen LogP contribution is -2.17. The fourth-order valence-corrected chi connectivity index (χ4v) is 5.39. The Kier molecular flexibility index (Phi) is 2.98. The summed E-state index contributed by atoms with van der Waals surface area (Å²) in [5.74, 6) is 0. The van der Waals surface area contributed by atoms with E-state index in [9.17, 15) is 0 Å². The highest BCUT2D eigenvalue weighted by atomic mass is 127. The summed E-state index contributed by atoms with van der Waals surface area (Å²) < 4.78 is 1.32. The van der Waals surface area contributed by atoms with Crippen LogP contribution in [0.3, 0.4) is 0 Å². The standard InChI is InChI=1S/C24H21I/c1-23(2)19-8-6-5-7-15(19)17-12-22-18(13-21(17)23)16-10-9-14(25)11-20(16)24(22,3)4/h5-13H,1-4H3. The summed E-state index contributed by atoms with van der Waals surface area (Å²) in [6, 6.07) is 20.8. The monoisotopic (exact) mass is 436 g/mol. The van der Waals surface area contributed by atoms with Gasteiger partial charge < -0.3 is 0 Å². The molecule has 0 saturated carbocycles. The molecule has 2 aliphatic rings. The Morgan fingerprint density at radius 2 is 1.08 bits per heavy atom. The Morgan fingerprint density at radius 3 is 1.76 bits per heavy atom. The molecule has 0 aliphatic heterocycles. The van der Waals surface area contributed by atoms with Gasteiger partial charge in [-0.3, -0.25) is 0 Å². The summed E-state index contributed by atoms with van der Waals surface area (Å²) >= 11 is 2.43. The molecule has 0 atom stereocenters. The minimum atomic E-state index is 0.0581. The molecule has 3 aromatic carbocycles. The largest absolute Gasteiger partial charge is 0.0619 e. The highest BCUT2D eigenvalue weighted by Gasteiger charge is 2.41. The first kappa shape index (κ1) is 15.6. The Bertz CT molecular complexity index is 1050. The highest BCUT2D eigenvalue weighted by Crippen LogP contribution is 2.55. The van der Waals surface area contributed by atoms with Crippen LogP contribution < -0.4 is 0 Å². The van der Waals surface area contributed by atoms with Crippen LogP contribution in [-0.2, 0) is 10.8 Å². The normalized spacial score (nSPS) is 17.6. The van der Waals surface area contributed by atoms with E-state index in [0.29, 0.717) is 0 Å². The van der Waals surface area contributed by atoms with Crippen molar-refractivity contribution in [1.82, 2.24) is 0 Å². The zero-order chi connectivity index (χ0) is 17.6. The Balaban J connectivity index is 1.86. The van der Waals surface area contributed by atoms with Gasteiger partial charge in [0.25, 0.3) is 0 Å². The lowest BCUT2D eigenvalue weighted by molar-refractivity contribution is 0.652. The molecule has 25 heavy (non-hydrogen) atoms. The van der Waals surface area contributed by atoms with Crippen LogP contribution in [0.2, 0.25) is 0 Å². The lowest BCUT2D eigenvalue weighted by atomic mass is 9.79. The predicted octanol–water partition coefficient (Wildman–Crippen LogP) is 6.90. The van der Waals surface area contributed by atoms with Gasteiger partial charge in [0, 0.05) is 14.4 Å². The number of rotatable bonds is 0. The first-order chi connectivity index (χ1) is 11.8. The molecule has 0 bridgehead atoms. The number of fused-ring (bicyclic) bond motifs is 6. The van der Waals surface area contributed by atoms with Gasteiger partial charge in [0.1, 0.15) is 0 Å². The van der Waals surface area contributed by atoms with Crippen LogP contribution in [0.4, 0.5) is 0 Å². The molecular weight excluding hydrogens is 415 g/mol. The first-order valence-electron chi connectivity index (χ1n) is 8.91. The average Bonchev–Trinajstić information content (AvgIpc) is 2.94. The van der Waals surface area contributed by atoms with E-state index in [-0.39, 0.29) is 10.8 Å². The Hall–Kier alpha value is -1.61. The van der Waals surface area contributed by atoms with Gasteiger partial charge in [-0.15, -0.1) is 0 Å². The minimum Gasteiger partial charge on any atom is -0.0619 e. The number of benzene rings is 3. The van der Waals surface area contributed by atoms with E-state index >= 15 is 0 Å². The smallest absolute Gasteiger partial charge is 0.0159 e. The quantitative estimate of drug-likeness (QED) is 0.336. The van der Waals surface area contributed by atoms with Crippen molar-refractivity contribution in [2.45, 2.75) is 38.5 Å². The van der Waals surface area contributed by atoms with Crippen LogP contribution in [0, 0.1) is 3.57 Å². The molecule has 0 aromatic heterocycles. The molecule has 0 spiro atoms. The predicted molar refractivity (Wildman–Crippen MR) is 114 cm³/mol. The molecular formula is C24H21I. The van der Waals surface area contributed by atoms with Crippen molar-refractivity contribution in [1.29, 1.82) is 0 Å². The summed E-state index contributed by atoms with van der Waals surface area (Å²) in [5, 5.41) is 0. The Morgan fingerprint density at radius 1 is 0.560 bits per heavy atom. The fourth-order valence-electron chi connectivity index (χ4n) is 4.90. The minimum absolute atomic E-state index is 0.0581. The molecule has 0 N–H and O–H groups in total. The molecule has 1 heteroatoms. The van der Waals surface area contributed by atoms with E-state index in [1.165, 1.54) is 48.1 Å². The van der Waals surface area contributed by atoms with Crippen LogP contribution in [0.25, 0.3) is 22.3 Å². The third kappa shape index (κ3) is 1.88. The van der Waals surface area contributed by atoms with Gasteiger partial charge in [-0.25, -0.2) is 0 Å². The molecule has 5 rings (SSSR count). The number of hydrogen-bond donors (Lipinski definition) is 0. The maximum atomic E-state index is 2.48. The van der Waals surface area contributed by atoms with Gasteiger partial charge in [0.05, 0.1) is 0 Å². The molecule has 124 valence electrons. The van der Waals surface area contributed by atoms with E-state index < -0.39 is 0 Å². The van der Waals surface area contributed by atoms with E-state index in [0.717, 1.165) is 0 Å². The number of halogens is 1. The summed E-state index contributed by atoms with van der Waals surface area (Å²) in [6.07, 6.45) is 0. The third-order valence-corrected chi connectivity index (χ3v) is 7.01. The van der Waals surface area contributed by atoms with Gasteiger partial charge in [0.15, 0.2) is 0 Å². The molecule has 0 fully saturated rings. The van der Waals surface area contributed by atoms with Crippen LogP contribution in [-0.4, -0.2) is 0 Å². The molecule has 0 radical (unpaired) electrons. The zero-order valence-corrected chi connectivity index (χ0v) is 17.2. The SMILES string of the molecule is CC1(C)c2ccccc2-c2cc3c(cc21)-c1ccc(I)cc1C3(C)C. The fraction of sp³-hybridized carbons (Fsp3) is 0.250. The third-order valence-electron chi connectivity index (χ3n) is 6.34. The van der Waals surface area contributed by atoms with Crippen molar-refractivity contribution in [2.24, 2.45) is 0 Å². The topological polar surface area (TPSA) is 0 Å². The lowest BCUT2D eigenvalue weighted by Gasteiger charge is -2.24. The van der Waals surface area contributed by atoms with E-state index in [2.05, 4.69) is 105 Å². The summed E-state index contributed by atoms with van der Waals surface area (Å²) in [5.41, 5.74) is 11.6. The second-order valence-electron chi connectivity index (χ2n) is 8.43. The van der Waals surface area contributed by atoms with Gasteiger partial charge in [-0.05, 0) is 91.4 Å². The van der Waals surface area contributed by atoms with Gasteiger partial charge in [0.2, 0.25) is 0 Å². The zero-order valence-electron chi connectivity index (χ0n) is 15.1. The molecule has 0 saturated heterocycles. The van der Waals surface area contributed by atoms with E-state index in [4.69, 9.17) is 0 Å². The summed E-state index contributed by atoms with van der Waals surface area (Å²) in [6.45, 7) is 9.45. The van der Waals surface area contributed by atoms with Crippen molar-refractivity contribution in [3.05, 3.63) is 80.4 Å². The highest BCUT2D eigenvalue weighted by molar-refractivity contribution is 14.1. The van der Waals surface area contributed by atoms with Gasteiger partial charge in [-0.2, -0.15) is 0 Å². The van der Waals surface area contributed by atoms with Crippen molar-refractivity contribution in [3.8, 4) is 22.3 Å². The number of hydrogen-bond acceptors (Lipinski definition) is 0. The Labute approximate surface area is 163 Å². The summed E-state index contributed by atoms with van der Waals surface area (Å²) in [4.78, 5) is 0. The van der Waals surface area contributed by atoms with Crippen molar-refractivity contribution < 1.29 is 0 Å². The second kappa shape index (κ2) is 4.76. The first-order valence-corrected chi connectivity index (χ1v) is 9.99. The molecule has 3 aromatic rings. The van der Waals surface area contributed by atoms with Crippen LogP contribution in [0.5, 0.6) is 0 Å². The van der Waals surface area contributed by atoms with Crippen LogP contribution >= 0.6 is 22.6 Å². The summed E-state index contributed by atoms with van der Waals surface area (Å²) in [7, 11) is 0. The molecule has 0 nitrogen and oxygen atoms in total. The van der Waals surface area contributed by atoms with Crippen molar-refractivity contribution in [2.75, 3.05) is 0 Å². The molecule has 2 aliphatic carbocycles. The van der Waals surface area contributed by atoms with Crippen molar-refractivity contribution >= 4 is 22.6 Å². The maximum absolute atomic E-state index is 2.48. The van der Waals surface area contributed by atoms with E-state index in [1.54, 1.807) is 0 Å². The van der Waals surface area contributed by atoms with Gasteiger partial charge in [-0.1, -0.05) is 58.0 Å². The average molecular weight is 436 g/mol. The van der Waals surface area contributed by atoms with Crippen LogP contribution in [0.1, 0.15) is 49.9 Å². The van der Waals surface area contributed by atoms with Crippen LogP contribution in [0.15, 0.2) is 54.6 Å². The van der Waals surface area contributed by atoms with E-state index in [1.807, 2.05) is 0 Å². The van der Waals surface area contributed by atoms with Crippen molar-refractivity contribution in [3.63, 3.8) is 0 Å². The molecule has 0 unspecified atom stereocenters. The second-order valence-corrected chi connectivity index (χ2v) is 9.67. The van der Waals surface area contributed by atoms with Gasteiger partial charge >= 0.3 is 0 Å². The maximum Gasteiger partial charge on any atom is 0.0159 e. The molecule has 0 heterocycles.